The number of hydrogen-bond acceptors (Lipinski definition) is 8. The van der Waals surface area contributed by atoms with E-state index >= 15 is 0 Å². The maximum absolute atomic E-state index is 12.5. The number of benzene rings is 2. The van der Waals surface area contributed by atoms with Crippen LogP contribution in [0.25, 0.3) is 22.0 Å². The number of fused-ring (bicyclic) bond motifs is 3. The number of rotatable bonds is 5. The molecule has 12 nitrogen and oxygen atoms in total. The Morgan fingerprint density at radius 3 is 2.76 bits per heavy atom. The molecule has 6 N–H and O–H groups in total. The van der Waals surface area contributed by atoms with E-state index in [1.165, 1.54) is 6.20 Å². The molecule has 0 aliphatic carbocycles. The largest absolute Gasteiger partial charge is 0.482 e. The van der Waals surface area contributed by atoms with Gasteiger partial charge < -0.3 is 35.6 Å². The van der Waals surface area contributed by atoms with E-state index in [-0.39, 0.29) is 41.3 Å². The van der Waals surface area contributed by atoms with Gasteiger partial charge in [0.15, 0.2) is 12.3 Å². The van der Waals surface area contributed by atoms with Gasteiger partial charge in [0.2, 0.25) is 0 Å². The molecule has 0 saturated carbocycles. The third kappa shape index (κ3) is 5.01. The van der Waals surface area contributed by atoms with E-state index in [0.29, 0.717) is 18.0 Å². The fraction of sp³-hybridized carbons (Fsp3) is 0.115. The minimum absolute atomic E-state index is 0.0265. The van der Waals surface area contributed by atoms with Crippen molar-refractivity contribution in [2.45, 2.75) is 13.1 Å². The van der Waals surface area contributed by atoms with E-state index in [0.717, 1.165) is 28.4 Å². The van der Waals surface area contributed by atoms with E-state index in [9.17, 15) is 14.4 Å². The van der Waals surface area contributed by atoms with Crippen molar-refractivity contribution in [3.63, 3.8) is 0 Å². The summed E-state index contributed by atoms with van der Waals surface area (Å²) in [4.78, 5) is 45.7. The van der Waals surface area contributed by atoms with Gasteiger partial charge in [0.1, 0.15) is 28.7 Å². The average molecular weight is 514 g/mol. The number of amides is 2. The van der Waals surface area contributed by atoms with Gasteiger partial charge in [-0.1, -0.05) is 12.1 Å². The van der Waals surface area contributed by atoms with Gasteiger partial charge >= 0.3 is 5.97 Å². The number of nitrogens with one attached hydrogen (secondary N) is 3. The monoisotopic (exact) mass is 514 g/mol. The second-order valence-corrected chi connectivity index (χ2v) is 8.30. The molecular formula is C26H22N6O6. The van der Waals surface area contributed by atoms with Crippen molar-refractivity contribution in [1.82, 2.24) is 20.3 Å². The van der Waals surface area contributed by atoms with Crippen LogP contribution in [0.15, 0.2) is 65.7 Å². The molecule has 3 aromatic heterocycles. The Morgan fingerprint density at radius 1 is 1.11 bits per heavy atom. The van der Waals surface area contributed by atoms with Crippen molar-refractivity contribution in [2.75, 3.05) is 11.9 Å². The maximum atomic E-state index is 12.5. The topological polar surface area (TPSA) is 185 Å². The highest BCUT2D eigenvalue weighted by Crippen LogP contribution is 2.28. The van der Waals surface area contributed by atoms with Crippen LogP contribution < -0.4 is 21.1 Å². The Labute approximate surface area is 214 Å². The molecule has 5 aromatic rings. The average Bonchev–Trinajstić information content (AvgIpc) is 3.58. The number of furan rings is 1. The van der Waals surface area contributed by atoms with Crippen LogP contribution in [0.1, 0.15) is 32.0 Å². The molecule has 0 bridgehead atoms. The first-order valence-corrected chi connectivity index (χ1v) is 11.5. The molecule has 0 spiro atoms. The third-order valence-corrected chi connectivity index (χ3v) is 5.79. The number of nitrogens with zero attached hydrogens (tertiary/aromatic N) is 2. The molecule has 192 valence electrons. The Kier molecular flexibility index (Phi) is 6.70. The zero-order chi connectivity index (χ0) is 26.6. The van der Waals surface area contributed by atoms with Crippen LogP contribution >= 0.6 is 0 Å². The van der Waals surface area contributed by atoms with Gasteiger partial charge in [-0.25, -0.2) is 14.8 Å². The second kappa shape index (κ2) is 10.4. The number of anilines is 1. The zero-order valence-corrected chi connectivity index (χ0v) is 19.9. The van der Waals surface area contributed by atoms with E-state index in [1.54, 1.807) is 24.5 Å². The van der Waals surface area contributed by atoms with Gasteiger partial charge in [-0.05, 0) is 41.5 Å². The highest BCUT2D eigenvalue weighted by molar-refractivity contribution is 6.08. The standard InChI is InChI=1S/C17H13N5O5.C9H9NO/c23-12-6-27-11-2-1-8(3-10(11)22-12)4-19-16(24)15-14-13(20-7-21-15)9(5-18-14)17(25)26;10-6-7-1-2-9-8(5-7)3-4-11-9/h1-3,5,7,18H,4,6H2,(H,19,24)(H,22,23)(H,25,26);1-5H,6,10H2. The lowest BCUT2D eigenvalue weighted by molar-refractivity contribution is -0.118. The SMILES string of the molecule is NCc1ccc2occc2c1.O=C1COc2ccc(CNC(=O)c3ncnc4c(C(=O)O)c[nH]c34)cc2N1. The number of nitrogens with two attached hydrogens (primary N) is 1. The van der Waals surface area contributed by atoms with Crippen molar-refractivity contribution in [3.05, 3.63) is 83.6 Å². The Hall–Kier alpha value is -5.23. The molecular weight excluding hydrogens is 492 g/mol. The summed E-state index contributed by atoms with van der Waals surface area (Å²) in [7, 11) is 0. The van der Waals surface area contributed by atoms with E-state index in [1.807, 2.05) is 24.3 Å². The summed E-state index contributed by atoms with van der Waals surface area (Å²) in [6.45, 7) is 0.738. The maximum Gasteiger partial charge on any atom is 0.339 e. The van der Waals surface area contributed by atoms with Crippen LogP contribution in [-0.2, 0) is 17.9 Å². The number of aromatic amines is 1. The molecule has 0 fully saturated rings. The van der Waals surface area contributed by atoms with Crippen LogP contribution in [0.2, 0.25) is 0 Å². The lowest BCUT2D eigenvalue weighted by Gasteiger charge is -2.18. The smallest absolute Gasteiger partial charge is 0.339 e. The highest BCUT2D eigenvalue weighted by Gasteiger charge is 2.20. The van der Waals surface area contributed by atoms with E-state index in [4.69, 9.17) is 20.0 Å². The summed E-state index contributed by atoms with van der Waals surface area (Å²) in [6.07, 6.45) is 4.10. The van der Waals surface area contributed by atoms with Crippen LogP contribution in [-0.4, -0.2) is 44.4 Å². The summed E-state index contributed by atoms with van der Waals surface area (Å²) in [6, 6.07) is 13.1. The van der Waals surface area contributed by atoms with Crippen LogP contribution in [0.4, 0.5) is 5.69 Å². The first-order chi connectivity index (χ1) is 18.4. The normalized spacial score (nSPS) is 12.2. The molecule has 0 radical (unpaired) electrons. The van der Waals surface area contributed by atoms with Crippen molar-refractivity contribution < 1.29 is 28.6 Å². The molecule has 38 heavy (non-hydrogen) atoms. The molecule has 12 heteroatoms. The van der Waals surface area contributed by atoms with Gasteiger partial charge in [0.05, 0.1) is 17.5 Å². The van der Waals surface area contributed by atoms with E-state index in [2.05, 4.69) is 25.6 Å². The second-order valence-electron chi connectivity index (χ2n) is 8.30. The Morgan fingerprint density at radius 2 is 1.95 bits per heavy atom. The first-order valence-electron chi connectivity index (χ1n) is 11.5. The summed E-state index contributed by atoms with van der Waals surface area (Å²) in [5.74, 6) is -1.31. The van der Waals surface area contributed by atoms with Gasteiger partial charge in [0.25, 0.3) is 11.8 Å². The summed E-state index contributed by atoms with van der Waals surface area (Å²) >= 11 is 0. The van der Waals surface area contributed by atoms with Crippen molar-refractivity contribution in [3.8, 4) is 5.75 Å². The van der Waals surface area contributed by atoms with Crippen molar-refractivity contribution >= 4 is 45.5 Å². The predicted molar refractivity (Wildman–Crippen MR) is 137 cm³/mol. The fourth-order valence-electron chi connectivity index (χ4n) is 3.92. The van der Waals surface area contributed by atoms with E-state index < -0.39 is 11.9 Å². The van der Waals surface area contributed by atoms with Crippen LogP contribution in [0, 0.1) is 0 Å². The minimum Gasteiger partial charge on any atom is -0.482 e. The summed E-state index contributed by atoms with van der Waals surface area (Å²) in [5, 5.41) is 15.7. The van der Waals surface area contributed by atoms with Gasteiger partial charge in [0, 0.05) is 24.7 Å². The molecule has 6 rings (SSSR count). The molecule has 1 aliphatic rings. The lowest BCUT2D eigenvalue weighted by Crippen LogP contribution is -2.26. The van der Waals surface area contributed by atoms with Crippen LogP contribution in [0.5, 0.6) is 5.75 Å². The summed E-state index contributed by atoms with van der Waals surface area (Å²) < 4.78 is 10.5. The number of carboxylic acids is 1. The number of aromatic carboxylic acids is 1. The molecule has 1 aliphatic heterocycles. The highest BCUT2D eigenvalue weighted by atomic mass is 16.5. The quantitative estimate of drug-likeness (QED) is 0.235. The third-order valence-electron chi connectivity index (χ3n) is 5.79. The number of carbonyl (C=O) groups is 3. The number of hydrogen-bond donors (Lipinski definition) is 5. The molecule has 4 heterocycles. The molecule has 0 atom stereocenters. The number of carbonyl (C=O) groups excluding carboxylic acids is 2. The minimum atomic E-state index is -1.15. The number of ether oxygens (including phenoxy) is 1. The van der Waals surface area contributed by atoms with Gasteiger partial charge in [-0.3, -0.25) is 9.59 Å². The molecule has 2 amide bonds. The first kappa shape index (κ1) is 24.5. The Balaban J connectivity index is 0.000000222. The molecule has 2 aromatic carbocycles. The zero-order valence-electron chi connectivity index (χ0n) is 19.9. The molecule has 0 saturated heterocycles. The Bertz CT molecular complexity index is 1670. The van der Waals surface area contributed by atoms with Crippen molar-refractivity contribution in [2.24, 2.45) is 5.73 Å². The van der Waals surface area contributed by atoms with Gasteiger partial charge in [-0.2, -0.15) is 0 Å². The summed E-state index contributed by atoms with van der Waals surface area (Å²) in [5.41, 5.74) is 9.24. The van der Waals surface area contributed by atoms with Gasteiger partial charge in [-0.15, -0.1) is 0 Å². The predicted octanol–water partition coefficient (Wildman–Crippen LogP) is 2.81. The fourth-order valence-corrected chi connectivity index (χ4v) is 3.92. The number of carboxylic acid groups (broad SMARTS) is 1. The van der Waals surface area contributed by atoms with Crippen molar-refractivity contribution in [1.29, 1.82) is 0 Å². The lowest BCUT2D eigenvalue weighted by atomic mass is 10.1. The number of H-pyrrole nitrogens is 1. The van der Waals surface area contributed by atoms with Crippen LogP contribution in [0.3, 0.4) is 0 Å². The molecule has 0 unspecified atom stereocenters. The number of aromatic nitrogens is 3.